The molecule has 0 N–H and O–H groups in total. The molecule has 0 fully saturated rings. The van der Waals surface area contributed by atoms with E-state index in [9.17, 15) is 0 Å². The third kappa shape index (κ3) is 2.34. The molecule has 15 heavy (non-hydrogen) atoms. The highest BCUT2D eigenvalue weighted by Crippen LogP contribution is 2.25. The zero-order valence-electron chi connectivity index (χ0n) is 8.05. The van der Waals surface area contributed by atoms with Crippen LogP contribution in [0.15, 0.2) is 30.3 Å². The van der Waals surface area contributed by atoms with E-state index in [4.69, 9.17) is 16.3 Å². The van der Waals surface area contributed by atoms with Gasteiger partial charge >= 0.3 is 0 Å². The zero-order valence-corrected chi connectivity index (χ0v) is 9.63. The van der Waals surface area contributed by atoms with Gasteiger partial charge in [0, 0.05) is 7.11 Å². The SMILES string of the molecule is COC(c1ccccc1)c1nsc(Cl)n1. The maximum absolute atomic E-state index is 5.74. The van der Waals surface area contributed by atoms with E-state index in [1.807, 2.05) is 30.3 Å². The van der Waals surface area contributed by atoms with Gasteiger partial charge in [-0.05, 0) is 28.7 Å². The molecule has 0 amide bonds. The molecule has 0 aliphatic carbocycles. The Morgan fingerprint density at radius 1 is 1.33 bits per heavy atom. The number of nitrogens with zero attached hydrogens (tertiary/aromatic N) is 2. The van der Waals surface area contributed by atoms with E-state index < -0.39 is 0 Å². The molecule has 0 radical (unpaired) electrons. The van der Waals surface area contributed by atoms with Gasteiger partial charge in [-0.3, -0.25) is 0 Å². The summed E-state index contributed by atoms with van der Waals surface area (Å²) in [4.78, 5) is 4.11. The smallest absolute Gasteiger partial charge is 0.203 e. The number of rotatable bonds is 3. The predicted octanol–water partition coefficient (Wildman–Crippen LogP) is 2.93. The number of ether oxygens (including phenoxy) is 1. The van der Waals surface area contributed by atoms with E-state index in [1.165, 1.54) is 11.5 Å². The lowest BCUT2D eigenvalue weighted by Crippen LogP contribution is -2.05. The van der Waals surface area contributed by atoms with Crippen molar-refractivity contribution in [3.63, 3.8) is 0 Å². The molecule has 1 atom stereocenters. The van der Waals surface area contributed by atoms with Crippen molar-refractivity contribution in [3.05, 3.63) is 46.2 Å². The van der Waals surface area contributed by atoms with Gasteiger partial charge in [-0.2, -0.15) is 4.37 Å². The van der Waals surface area contributed by atoms with E-state index in [-0.39, 0.29) is 6.10 Å². The Bertz CT molecular complexity index is 432. The molecule has 78 valence electrons. The van der Waals surface area contributed by atoms with Gasteiger partial charge in [0.05, 0.1) is 0 Å². The van der Waals surface area contributed by atoms with Crippen molar-refractivity contribution < 1.29 is 4.74 Å². The molecular formula is C10H9ClN2OS. The van der Waals surface area contributed by atoms with Gasteiger partial charge in [0.1, 0.15) is 6.10 Å². The third-order valence-corrected chi connectivity index (χ3v) is 2.80. The Morgan fingerprint density at radius 2 is 2.07 bits per heavy atom. The molecule has 1 heterocycles. The Balaban J connectivity index is 2.33. The van der Waals surface area contributed by atoms with Gasteiger partial charge in [-0.25, -0.2) is 4.98 Å². The van der Waals surface area contributed by atoms with Crippen molar-refractivity contribution >= 4 is 23.1 Å². The van der Waals surface area contributed by atoms with Crippen molar-refractivity contribution in [2.45, 2.75) is 6.10 Å². The summed E-state index contributed by atoms with van der Waals surface area (Å²) < 4.78 is 9.93. The summed E-state index contributed by atoms with van der Waals surface area (Å²) in [6.45, 7) is 0. The molecule has 0 bridgehead atoms. The standard InChI is InChI=1S/C10H9ClN2OS/c1-14-8(7-5-3-2-4-6-7)9-12-10(11)15-13-9/h2-6,8H,1H3. The average molecular weight is 241 g/mol. The lowest BCUT2D eigenvalue weighted by Gasteiger charge is -2.11. The van der Waals surface area contributed by atoms with Gasteiger partial charge in [-0.1, -0.05) is 30.3 Å². The molecule has 1 aromatic carbocycles. The van der Waals surface area contributed by atoms with Crippen molar-refractivity contribution in [1.82, 2.24) is 9.36 Å². The van der Waals surface area contributed by atoms with Gasteiger partial charge in [0.2, 0.25) is 4.47 Å². The molecular weight excluding hydrogens is 232 g/mol. The van der Waals surface area contributed by atoms with Crippen LogP contribution in [0.4, 0.5) is 0 Å². The highest BCUT2D eigenvalue weighted by molar-refractivity contribution is 7.10. The van der Waals surface area contributed by atoms with Gasteiger partial charge in [-0.15, -0.1) is 0 Å². The Labute approximate surface area is 96.9 Å². The number of halogens is 1. The zero-order chi connectivity index (χ0) is 10.7. The van der Waals surface area contributed by atoms with Gasteiger partial charge < -0.3 is 4.74 Å². The molecule has 0 saturated carbocycles. The van der Waals surface area contributed by atoms with Crippen molar-refractivity contribution in [1.29, 1.82) is 0 Å². The minimum absolute atomic E-state index is 0.241. The van der Waals surface area contributed by atoms with E-state index in [0.717, 1.165) is 5.56 Å². The molecule has 5 heteroatoms. The maximum atomic E-state index is 5.74. The third-order valence-electron chi connectivity index (χ3n) is 1.99. The topological polar surface area (TPSA) is 35.0 Å². The Morgan fingerprint density at radius 3 is 2.60 bits per heavy atom. The fourth-order valence-electron chi connectivity index (χ4n) is 1.34. The molecule has 1 aromatic heterocycles. The summed E-state index contributed by atoms with van der Waals surface area (Å²) in [5, 5.41) is 0. The molecule has 0 aliphatic rings. The number of methoxy groups -OCH3 is 1. The molecule has 0 aliphatic heterocycles. The van der Waals surface area contributed by atoms with Crippen LogP contribution in [0.2, 0.25) is 4.47 Å². The van der Waals surface area contributed by atoms with Crippen molar-refractivity contribution in [2.24, 2.45) is 0 Å². The highest BCUT2D eigenvalue weighted by Gasteiger charge is 2.17. The second-order valence-corrected chi connectivity index (χ2v) is 4.27. The van der Waals surface area contributed by atoms with Crippen LogP contribution in [-0.4, -0.2) is 16.5 Å². The van der Waals surface area contributed by atoms with Gasteiger partial charge in [0.25, 0.3) is 0 Å². The lowest BCUT2D eigenvalue weighted by atomic mass is 10.1. The summed E-state index contributed by atoms with van der Waals surface area (Å²) in [6.07, 6.45) is -0.241. The summed E-state index contributed by atoms with van der Waals surface area (Å²) in [5.41, 5.74) is 1.02. The normalized spacial score (nSPS) is 12.7. The van der Waals surface area contributed by atoms with E-state index in [2.05, 4.69) is 9.36 Å². The molecule has 0 spiro atoms. The number of benzene rings is 1. The second kappa shape index (κ2) is 4.70. The van der Waals surface area contributed by atoms with E-state index >= 15 is 0 Å². The van der Waals surface area contributed by atoms with Crippen LogP contribution in [0, 0.1) is 0 Å². The van der Waals surface area contributed by atoms with Crippen LogP contribution in [0.3, 0.4) is 0 Å². The maximum Gasteiger partial charge on any atom is 0.203 e. The van der Waals surface area contributed by atoms with Crippen LogP contribution in [-0.2, 0) is 4.74 Å². The van der Waals surface area contributed by atoms with Crippen LogP contribution >= 0.6 is 23.1 Å². The van der Waals surface area contributed by atoms with Crippen LogP contribution in [0.1, 0.15) is 17.5 Å². The van der Waals surface area contributed by atoms with Crippen LogP contribution < -0.4 is 0 Å². The average Bonchev–Trinajstić information content (AvgIpc) is 2.68. The van der Waals surface area contributed by atoms with E-state index in [1.54, 1.807) is 7.11 Å². The monoisotopic (exact) mass is 240 g/mol. The van der Waals surface area contributed by atoms with Crippen LogP contribution in [0.5, 0.6) is 0 Å². The quantitative estimate of drug-likeness (QED) is 0.828. The molecule has 3 nitrogen and oxygen atoms in total. The predicted molar refractivity (Wildman–Crippen MR) is 60.2 cm³/mol. The Hall–Kier alpha value is -0.970. The number of aromatic nitrogens is 2. The summed E-state index contributed by atoms with van der Waals surface area (Å²) in [5.74, 6) is 0.610. The fourth-order valence-corrected chi connectivity index (χ4v) is 1.97. The van der Waals surface area contributed by atoms with Crippen molar-refractivity contribution in [2.75, 3.05) is 7.11 Å². The van der Waals surface area contributed by atoms with Crippen LogP contribution in [0.25, 0.3) is 0 Å². The molecule has 2 rings (SSSR count). The number of hydrogen-bond acceptors (Lipinski definition) is 4. The number of hydrogen-bond donors (Lipinski definition) is 0. The minimum atomic E-state index is -0.241. The lowest BCUT2D eigenvalue weighted by molar-refractivity contribution is 0.130. The second-order valence-electron chi connectivity index (χ2n) is 2.93. The van der Waals surface area contributed by atoms with E-state index in [0.29, 0.717) is 10.3 Å². The first-order valence-corrected chi connectivity index (χ1v) is 5.53. The first kappa shape index (κ1) is 10.5. The fraction of sp³-hybridized carbons (Fsp3) is 0.200. The Kier molecular flexibility index (Phi) is 3.30. The highest BCUT2D eigenvalue weighted by atomic mass is 35.5. The molecule has 0 saturated heterocycles. The first-order valence-electron chi connectivity index (χ1n) is 4.38. The van der Waals surface area contributed by atoms with Crippen molar-refractivity contribution in [3.8, 4) is 0 Å². The summed E-state index contributed by atoms with van der Waals surface area (Å²) >= 11 is 6.91. The van der Waals surface area contributed by atoms with Gasteiger partial charge in [0.15, 0.2) is 5.82 Å². The summed E-state index contributed by atoms with van der Waals surface area (Å²) in [6, 6.07) is 9.81. The minimum Gasteiger partial charge on any atom is -0.369 e. The first-order chi connectivity index (χ1) is 7.31. The molecule has 2 aromatic rings. The molecule has 1 unspecified atom stereocenters. The summed E-state index contributed by atoms with van der Waals surface area (Å²) in [7, 11) is 1.63. The largest absolute Gasteiger partial charge is 0.369 e.